The molecule has 642 valence electrons. The maximum atomic E-state index is 2.30. The molecule has 0 spiro atoms. The second-order valence-electron chi connectivity index (χ2n) is 33.8. The first-order valence-corrected chi connectivity index (χ1v) is 46.8. The van der Waals surface area contributed by atoms with Crippen LogP contribution in [0, 0.1) is 0 Å². The lowest BCUT2D eigenvalue weighted by molar-refractivity contribution is 1.58. The van der Waals surface area contributed by atoms with E-state index in [9.17, 15) is 0 Å². The lowest BCUT2D eigenvalue weighted by atomic mass is 9.85. The number of rotatable bonds is 12. The third kappa shape index (κ3) is 19.3. The molecule has 0 aromatic heterocycles. The molecule has 0 nitrogen and oxygen atoms in total. The predicted octanol–water partition coefficient (Wildman–Crippen LogP) is 38.2. The molecule has 0 aliphatic carbocycles. The Bertz CT molecular complexity index is 7800. The van der Waals surface area contributed by atoms with Gasteiger partial charge in [0.1, 0.15) is 0 Å². The highest BCUT2D eigenvalue weighted by Crippen LogP contribution is 2.47. The van der Waals surface area contributed by atoms with E-state index >= 15 is 0 Å². The van der Waals surface area contributed by atoms with Crippen molar-refractivity contribution in [3.63, 3.8) is 0 Å². The Morgan fingerprint density at radius 3 is 0.544 bits per heavy atom. The van der Waals surface area contributed by atoms with Crippen molar-refractivity contribution in [2.45, 2.75) is 0 Å². The fourth-order valence-electron chi connectivity index (χ4n) is 19.1. The average Bonchev–Trinajstić information content (AvgIpc) is 0.733. The monoisotopic (exact) mass is 1730 g/mol. The number of hydrogen-bond donors (Lipinski definition) is 0. The van der Waals surface area contributed by atoms with Gasteiger partial charge in [-0.3, -0.25) is 0 Å². The Morgan fingerprint density at radius 1 is 0.0735 bits per heavy atom. The van der Waals surface area contributed by atoms with Gasteiger partial charge < -0.3 is 0 Å². The molecule has 25 rings (SSSR count). The van der Waals surface area contributed by atoms with Gasteiger partial charge in [0.25, 0.3) is 0 Å². The summed E-state index contributed by atoms with van der Waals surface area (Å²) >= 11 is 0. The van der Waals surface area contributed by atoms with E-state index in [1.54, 1.807) is 0 Å². The van der Waals surface area contributed by atoms with E-state index in [0.29, 0.717) is 0 Å². The summed E-state index contributed by atoms with van der Waals surface area (Å²) in [6.07, 6.45) is 0. The van der Waals surface area contributed by atoms with Crippen LogP contribution in [-0.4, -0.2) is 0 Å². The molecule has 0 atom stereocenters. The highest BCUT2D eigenvalue weighted by Gasteiger charge is 2.20. The largest absolute Gasteiger partial charge is 0.0622 e. The van der Waals surface area contributed by atoms with Crippen LogP contribution in [0.25, 0.3) is 209 Å². The van der Waals surface area contributed by atoms with Crippen LogP contribution in [0.3, 0.4) is 0 Å². The fourth-order valence-corrected chi connectivity index (χ4v) is 19.1. The summed E-state index contributed by atoms with van der Waals surface area (Å²) in [6, 6.07) is 211. The highest BCUT2D eigenvalue weighted by molar-refractivity contribution is 6.22. The third-order valence-corrected chi connectivity index (χ3v) is 25.4. The van der Waals surface area contributed by atoms with Crippen molar-refractivity contribution in [1.29, 1.82) is 0 Å². The second-order valence-corrected chi connectivity index (χ2v) is 33.8. The molecule has 0 amide bonds. The van der Waals surface area contributed by atoms with Crippen LogP contribution >= 0.6 is 0 Å². The Morgan fingerprint density at radius 2 is 0.243 bits per heavy atom. The Balaban J connectivity index is 0.000000101. The topological polar surface area (TPSA) is 0 Å². The third-order valence-electron chi connectivity index (χ3n) is 25.4. The molecule has 0 aliphatic rings. The van der Waals surface area contributed by atoms with Crippen LogP contribution in [-0.2, 0) is 0 Å². The van der Waals surface area contributed by atoms with Gasteiger partial charge in [0.05, 0.1) is 0 Å². The molecule has 25 aromatic rings. The van der Waals surface area contributed by atoms with Gasteiger partial charge in [-0.25, -0.2) is 0 Å². The molecule has 0 fully saturated rings. The molecule has 0 heteroatoms. The molecule has 0 N–H and O–H groups in total. The van der Waals surface area contributed by atoms with Gasteiger partial charge in [0.2, 0.25) is 0 Å². The van der Waals surface area contributed by atoms with Gasteiger partial charge in [-0.15, -0.1) is 0 Å². The molecule has 0 saturated heterocycles. The SMILES string of the molecule is c1ccc(-c2c(-c3ccccc3)c3ccccc3c3ccccc23)cc1.c1ccc(-c2cc3ccccc3cc2-c2ccccc2)cc1.c1ccc(-c2ccc3c(ccc4ccccc43)c2-c2ccccc2)cc1.c1ccc(-c2ccc3ccccc3c2-c2ccccc2)cc1.c1ccc(-c2ccc3ccccc3c2-c2ccccc2)cc1.c1ccc(-c2ccccc2-c2ccccc2)cc1. The molecule has 136 heavy (non-hydrogen) atoms. The van der Waals surface area contributed by atoms with Crippen LogP contribution in [0.2, 0.25) is 0 Å². The minimum atomic E-state index is 1.25. The van der Waals surface area contributed by atoms with Gasteiger partial charge >= 0.3 is 0 Å². The lowest BCUT2D eigenvalue weighted by Gasteiger charge is -2.18. The molecule has 0 saturated carbocycles. The van der Waals surface area contributed by atoms with Crippen molar-refractivity contribution in [1.82, 2.24) is 0 Å². The summed E-state index contributed by atoms with van der Waals surface area (Å²) in [5.74, 6) is 0. The molecular weight excluding hydrogens is 1630 g/mol. The predicted molar refractivity (Wildman–Crippen MR) is 586 cm³/mol. The van der Waals surface area contributed by atoms with E-state index in [-0.39, 0.29) is 0 Å². The van der Waals surface area contributed by atoms with Crippen molar-refractivity contribution >= 4 is 75.4 Å². The summed E-state index contributed by atoms with van der Waals surface area (Å²) in [4.78, 5) is 0. The zero-order valence-electron chi connectivity index (χ0n) is 75.6. The normalized spacial score (nSPS) is 10.8. The molecule has 0 heterocycles. The van der Waals surface area contributed by atoms with E-state index in [4.69, 9.17) is 0 Å². The summed E-state index contributed by atoms with van der Waals surface area (Å²) < 4.78 is 0. The molecule has 0 aliphatic heterocycles. The number of benzene rings is 25. The minimum absolute atomic E-state index is 1.25. The highest BCUT2D eigenvalue weighted by atomic mass is 14.2. The van der Waals surface area contributed by atoms with E-state index in [0.717, 1.165) is 0 Å². The van der Waals surface area contributed by atoms with Gasteiger partial charge in [0.15, 0.2) is 0 Å². The standard InChI is InChI=1S/2C26H18.3C22H16.C18H14/c1-3-11-19(12-4-1)25-23-17-9-7-15-21(23)22-16-8-10-18-24(22)26(25)20-13-5-2-6-14-20;1-3-9-19(10-4-1)23-17-18-24-22-14-8-7-11-20(22)15-16-25(24)26(23)21-12-5-2-6-13-21;2*1-3-9-17(10-4-1)21-16-15-18-11-7-8-14-20(18)22(21)19-12-5-2-6-13-19;1-3-9-17(10-4-1)21-15-19-13-7-8-14-20(19)16-22(21)18-11-5-2-6-12-18;1-3-9-15(10-4-1)17-13-7-8-14-18(17)16-11-5-2-6-12-16/h2*1-18H;3*1-16H;1-14H. The summed E-state index contributed by atoms with van der Waals surface area (Å²) in [6.45, 7) is 0. The van der Waals surface area contributed by atoms with Crippen LogP contribution in [0.1, 0.15) is 0 Å². The molecule has 0 unspecified atom stereocenters. The summed E-state index contributed by atoms with van der Waals surface area (Å²) in [7, 11) is 0. The van der Waals surface area contributed by atoms with Gasteiger partial charge in [0, 0.05) is 0 Å². The van der Waals surface area contributed by atoms with E-state index in [2.05, 4.69) is 595 Å². The molecular formula is C136H98. The van der Waals surface area contributed by atoms with E-state index in [1.165, 1.54) is 209 Å². The molecule has 25 aromatic carbocycles. The zero-order valence-corrected chi connectivity index (χ0v) is 75.6. The number of fused-ring (bicyclic) bond motifs is 9. The van der Waals surface area contributed by atoms with Gasteiger partial charge in [-0.05, 0) is 221 Å². The molecule has 0 bridgehead atoms. The minimum Gasteiger partial charge on any atom is -0.0622 e. The van der Waals surface area contributed by atoms with Crippen molar-refractivity contribution in [2.75, 3.05) is 0 Å². The van der Waals surface area contributed by atoms with Crippen LogP contribution < -0.4 is 0 Å². The quantitative estimate of drug-likeness (QED) is 0.107. The maximum absolute atomic E-state index is 2.30. The van der Waals surface area contributed by atoms with Crippen molar-refractivity contribution in [2.24, 2.45) is 0 Å². The summed E-state index contributed by atoms with van der Waals surface area (Å²) in [5.41, 5.74) is 30.6. The van der Waals surface area contributed by atoms with Crippen LogP contribution in [0.4, 0.5) is 0 Å². The van der Waals surface area contributed by atoms with E-state index < -0.39 is 0 Å². The zero-order chi connectivity index (χ0) is 91.2. The van der Waals surface area contributed by atoms with Gasteiger partial charge in [-0.1, -0.05) is 582 Å². The maximum Gasteiger partial charge on any atom is -0.00204 e. The van der Waals surface area contributed by atoms with Crippen molar-refractivity contribution in [3.05, 3.63) is 595 Å². The fraction of sp³-hybridized carbons (Fsp3) is 0. The lowest BCUT2D eigenvalue weighted by Crippen LogP contribution is -1.91. The number of hydrogen-bond acceptors (Lipinski definition) is 0. The van der Waals surface area contributed by atoms with Crippen molar-refractivity contribution in [3.8, 4) is 134 Å². The Labute approximate surface area is 797 Å². The van der Waals surface area contributed by atoms with Crippen LogP contribution in [0.5, 0.6) is 0 Å². The molecule has 0 radical (unpaired) electrons. The first-order chi connectivity index (χ1) is 67.6. The average molecular weight is 1730 g/mol. The second kappa shape index (κ2) is 42.0. The van der Waals surface area contributed by atoms with E-state index in [1.807, 2.05) is 0 Å². The van der Waals surface area contributed by atoms with Crippen molar-refractivity contribution < 1.29 is 0 Å². The Kier molecular flexibility index (Phi) is 26.7. The first kappa shape index (κ1) is 86.4. The summed E-state index contributed by atoms with van der Waals surface area (Å²) in [5, 5.41) is 18.1. The first-order valence-electron chi connectivity index (χ1n) is 46.8. The van der Waals surface area contributed by atoms with Crippen LogP contribution in [0.15, 0.2) is 595 Å². The Hall–Kier alpha value is -17.7. The van der Waals surface area contributed by atoms with Gasteiger partial charge in [-0.2, -0.15) is 0 Å². The smallest absolute Gasteiger partial charge is 0.00204 e.